The van der Waals surface area contributed by atoms with Crippen LogP contribution in [0.15, 0.2) is 84.9 Å². The maximum atomic E-state index is 13.2. The van der Waals surface area contributed by atoms with Crippen molar-refractivity contribution >= 4 is 34.8 Å². The third kappa shape index (κ3) is 5.84. The molecule has 0 saturated carbocycles. The number of hydrogen-bond acceptors (Lipinski definition) is 3. The lowest BCUT2D eigenvalue weighted by atomic mass is 9.90. The average Bonchev–Trinajstić information content (AvgIpc) is 2.86. The van der Waals surface area contributed by atoms with Gasteiger partial charge in [0.15, 0.2) is 5.11 Å². The first-order valence-corrected chi connectivity index (χ1v) is 11.6. The predicted molar refractivity (Wildman–Crippen MR) is 135 cm³/mol. The van der Waals surface area contributed by atoms with Gasteiger partial charge in [-0.3, -0.25) is 9.59 Å². The first-order valence-electron chi connectivity index (χ1n) is 11.2. The Hall–Kier alpha value is -3.51. The van der Waals surface area contributed by atoms with Crippen LogP contribution in [0.1, 0.15) is 46.7 Å². The summed E-state index contributed by atoms with van der Waals surface area (Å²) in [7, 11) is 0. The highest BCUT2D eigenvalue weighted by Crippen LogP contribution is 2.25. The van der Waals surface area contributed by atoms with Crippen molar-refractivity contribution in [1.82, 2.24) is 10.2 Å². The second-order valence-electron chi connectivity index (χ2n) is 8.13. The molecule has 5 nitrogen and oxygen atoms in total. The number of rotatable bonds is 5. The van der Waals surface area contributed by atoms with E-state index in [0.29, 0.717) is 11.3 Å². The van der Waals surface area contributed by atoms with Crippen LogP contribution in [0, 0.1) is 0 Å². The maximum absolute atomic E-state index is 13.2. The molecule has 3 aromatic rings. The van der Waals surface area contributed by atoms with Gasteiger partial charge in [-0.25, -0.2) is 0 Å². The fourth-order valence-corrected chi connectivity index (χ4v) is 4.33. The SMILES string of the molecule is O=C(NC(=S)Nc1ccc(C(=O)N2CCCCC2)cc1)C(c1ccccc1)c1ccccc1. The standard InChI is InChI=1S/C27H27N3O2S/c31-25(24(20-10-4-1-5-11-20)21-12-6-2-7-13-21)29-27(33)28-23-16-14-22(15-17-23)26(32)30-18-8-3-9-19-30/h1-2,4-7,10-17,24H,3,8-9,18-19H2,(H2,28,29,31,33). The van der Waals surface area contributed by atoms with Gasteiger partial charge in [-0.1, -0.05) is 60.7 Å². The van der Waals surface area contributed by atoms with E-state index in [1.54, 1.807) is 12.1 Å². The van der Waals surface area contributed by atoms with E-state index in [1.807, 2.05) is 77.7 Å². The molecule has 2 amide bonds. The Labute approximate surface area is 199 Å². The highest BCUT2D eigenvalue weighted by atomic mass is 32.1. The lowest BCUT2D eigenvalue weighted by Gasteiger charge is -2.26. The number of amides is 2. The number of carbonyl (C=O) groups excluding carboxylic acids is 2. The number of carbonyl (C=O) groups is 2. The van der Waals surface area contributed by atoms with Crippen molar-refractivity contribution in [3.8, 4) is 0 Å². The van der Waals surface area contributed by atoms with Crippen molar-refractivity contribution in [2.75, 3.05) is 18.4 Å². The molecule has 33 heavy (non-hydrogen) atoms. The van der Waals surface area contributed by atoms with E-state index < -0.39 is 5.92 Å². The van der Waals surface area contributed by atoms with Crippen LogP contribution >= 0.6 is 12.2 Å². The van der Waals surface area contributed by atoms with Gasteiger partial charge in [-0.2, -0.15) is 0 Å². The van der Waals surface area contributed by atoms with Crippen LogP contribution in [0.25, 0.3) is 0 Å². The Morgan fingerprint density at radius 1 is 0.758 bits per heavy atom. The lowest BCUT2D eigenvalue weighted by Crippen LogP contribution is -2.38. The normalized spacial score (nSPS) is 13.4. The molecule has 0 aromatic heterocycles. The fraction of sp³-hybridized carbons (Fsp3) is 0.222. The van der Waals surface area contributed by atoms with Gasteiger partial charge < -0.3 is 15.5 Å². The van der Waals surface area contributed by atoms with Gasteiger partial charge in [0.1, 0.15) is 0 Å². The van der Waals surface area contributed by atoms with Crippen molar-refractivity contribution in [3.63, 3.8) is 0 Å². The molecule has 0 atom stereocenters. The number of anilines is 1. The van der Waals surface area contributed by atoms with E-state index in [0.717, 1.165) is 37.1 Å². The van der Waals surface area contributed by atoms with Gasteiger partial charge in [-0.05, 0) is 66.9 Å². The molecule has 6 heteroatoms. The van der Waals surface area contributed by atoms with E-state index in [4.69, 9.17) is 12.2 Å². The molecule has 0 bridgehead atoms. The molecule has 4 rings (SSSR count). The second kappa shape index (κ2) is 10.9. The quantitative estimate of drug-likeness (QED) is 0.532. The van der Waals surface area contributed by atoms with Crippen LogP contribution in [0.4, 0.5) is 5.69 Å². The Morgan fingerprint density at radius 2 is 1.30 bits per heavy atom. The lowest BCUT2D eigenvalue weighted by molar-refractivity contribution is -0.120. The Morgan fingerprint density at radius 3 is 1.85 bits per heavy atom. The summed E-state index contributed by atoms with van der Waals surface area (Å²) in [6, 6.07) is 26.5. The minimum absolute atomic E-state index is 0.0608. The Kier molecular flexibility index (Phi) is 7.47. The summed E-state index contributed by atoms with van der Waals surface area (Å²) >= 11 is 5.40. The monoisotopic (exact) mass is 457 g/mol. The van der Waals surface area contributed by atoms with Crippen molar-refractivity contribution in [2.45, 2.75) is 25.2 Å². The number of benzene rings is 3. The number of piperidine rings is 1. The van der Waals surface area contributed by atoms with Crippen LogP contribution in [-0.2, 0) is 4.79 Å². The van der Waals surface area contributed by atoms with Gasteiger partial charge in [0, 0.05) is 24.3 Å². The molecule has 0 radical (unpaired) electrons. The van der Waals surface area contributed by atoms with Crippen LogP contribution in [0.3, 0.4) is 0 Å². The van der Waals surface area contributed by atoms with E-state index in [9.17, 15) is 9.59 Å². The first-order chi connectivity index (χ1) is 16.1. The number of nitrogens with zero attached hydrogens (tertiary/aromatic N) is 1. The zero-order valence-electron chi connectivity index (χ0n) is 18.4. The van der Waals surface area contributed by atoms with Crippen LogP contribution in [-0.4, -0.2) is 34.9 Å². The van der Waals surface area contributed by atoms with Gasteiger partial charge in [-0.15, -0.1) is 0 Å². The largest absolute Gasteiger partial charge is 0.339 e. The van der Waals surface area contributed by atoms with E-state index >= 15 is 0 Å². The number of hydrogen-bond donors (Lipinski definition) is 2. The van der Waals surface area contributed by atoms with Crippen molar-refractivity contribution in [3.05, 3.63) is 102 Å². The minimum atomic E-state index is -0.475. The maximum Gasteiger partial charge on any atom is 0.253 e. The number of nitrogens with one attached hydrogen (secondary N) is 2. The van der Waals surface area contributed by atoms with E-state index in [1.165, 1.54) is 6.42 Å². The summed E-state index contributed by atoms with van der Waals surface area (Å²) in [5.41, 5.74) is 3.16. The molecule has 0 spiro atoms. The molecule has 1 aliphatic rings. The Balaban J connectivity index is 1.41. The summed E-state index contributed by atoms with van der Waals surface area (Å²) in [6.07, 6.45) is 3.31. The molecular formula is C27H27N3O2S. The predicted octanol–water partition coefficient (Wildman–Crippen LogP) is 4.96. The molecule has 1 aliphatic heterocycles. The minimum Gasteiger partial charge on any atom is -0.339 e. The summed E-state index contributed by atoms with van der Waals surface area (Å²) in [6.45, 7) is 1.64. The van der Waals surface area contributed by atoms with Crippen molar-refractivity contribution < 1.29 is 9.59 Å². The van der Waals surface area contributed by atoms with E-state index in [2.05, 4.69) is 10.6 Å². The summed E-state index contributed by atoms with van der Waals surface area (Å²) in [5, 5.41) is 6.09. The molecule has 1 saturated heterocycles. The second-order valence-corrected chi connectivity index (χ2v) is 8.54. The van der Waals surface area contributed by atoms with Crippen molar-refractivity contribution in [1.29, 1.82) is 0 Å². The highest BCUT2D eigenvalue weighted by Gasteiger charge is 2.23. The summed E-state index contributed by atoms with van der Waals surface area (Å²) in [5.74, 6) is -0.621. The van der Waals surface area contributed by atoms with E-state index in [-0.39, 0.29) is 16.9 Å². The highest BCUT2D eigenvalue weighted by molar-refractivity contribution is 7.80. The third-order valence-corrected chi connectivity index (χ3v) is 6.00. The molecule has 2 N–H and O–H groups in total. The van der Waals surface area contributed by atoms with Gasteiger partial charge in [0.25, 0.3) is 5.91 Å². The fourth-order valence-electron chi connectivity index (χ4n) is 4.11. The zero-order valence-corrected chi connectivity index (χ0v) is 19.2. The molecule has 0 aliphatic carbocycles. The number of likely N-dealkylation sites (tertiary alicyclic amines) is 1. The van der Waals surface area contributed by atoms with Gasteiger partial charge in [0.05, 0.1) is 5.92 Å². The third-order valence-electron chi connectivity index (χ3n) is 5.80. The number of thiocarbonyl (C=S) groups is 1. The van der Waals surface area contributed by atoms with Gasteiger partial charge >= 0.3 is 0 Å². The van der Waals surface area contributed by atoms with Gasteiger partial charge in [0.2, 0.25) is 5.91 Å². The van der Waals surface area contributed by atoms with Crippen LogP contribution in [0.5, 0.6) is 0 Å². The molecular weight excluding hydrogens is 430 g/mol. The topological polar surface area (TPSA) is 61.4 Å². The molecule has 0 unspecified atom stereocenters. The summed E-state index contributed by atoms with van der Waals surface area (Å²) < 4.78 is 0. The molecule has 3 aromatic carbocycles. The van der Waals surface area contributed by atoms with Crippen LogP contribution in [0.2, 0.25) is 0 Å². The first kappa shape index (κ1) is 22.7. The zero-order chi connectivity index (χ0) is 23.0. The molecule has 1 heterocycles. The van der Waals surface area contributed by atoms with Crippen molar-refractivity contribution in [2.24, 2.45) is 0 Å². The molecule has 168 valence electrons. The van der Waals surface area contributed by atoms with Crippen LogP contribution < -0.4 is 10.6 Å². The summed E-state index contributed by atoms with van der Waals surface area (Å²) in [4.78, 5) is 27.7. The molecule has 1 fully saturated rings. The smallest absolute Gasteiger partial charge is 0.253 e. The average molecular weight is 458 g/mol. The Bertz CT molecular complexity index is 1060.